The molecule has 6 heteroatoms. The number of nitrogens with one attached hydrogen (secondary N) is 1. The number of carbonyl (C=O) groups is 3. The minimum absolute atomic E-state index is 0.0821. The van der Waals surface area contributed by atoms with Crippen molar-refractivity contribution in [2.24, 2.45) is 0 Å². The van der Waals surface area contributed by atoms with Gasteiger partial charge in [-0.3, -0.25) is 14.4 Å². The van der Waals surface area contributed by atoms with Gasteiger partial charge in [0.25, 0.3) is 11.8 Å². The number of hydrogen-bond acceptors (Lipinski definition) is 4. The normalized spacial score (nSPS) is 10.3. The third-order valence-corrected chi connectivity index (χ3v) is 3.61. The zero-order chi connectivity index (χ0) is 18.9. The second-order valence-corrected chi connectivity index (χ2v) is 5.90. The van der Waals surface area contributed by atoms with Crippen LogP contribution in [0.3, 0.4) is 0 Å². The molecule has 136 valence electrons. The highest BCUT2D eigenvalue weighted by atomic mass is 16.5. The Morgan fingerprint density at radius 1 is 0.962 bits per heavy atom. The van der Waals surface area contributed by atoms with Gasteiger partial charge in [0.05, 0.1) is 0 Å². The monoisotopic (exact) mass is 354 g/mol. The minimum atomic E-state index is -0.667. The molecule has 6 nitrogen and oxygen atoms in total. The summed E-state index contributed by atoms with van der Waals surface area (Å²) in [6, 6.07) is 17.6. The van der Waals surface area contributed by atoms with Gasteiger partial charge in [0.1, 0.15) is 6.54 Å². The Balaban J connectivity index is 1.84. The molecule has 0 fully saturated rings. The molecule has 0 aromatic heterocycles. The molecule has 0 saturated carbocycles. The third kappa shape index (κ3) is 5.44. The van der Waals surface area contributed by atoms with E-state index in [0.717, 1.165) is 5.69 Å². The third-order valence-electron chi connectivity index (χ3n) is 3.61. The van der Waals surface area contributed by atoms with Gasteiger partial charge in [-0.05, 0) is 38.1 Å². The Bertz CT molecular complexity index is 745. The highest BCUT2D eigenvalue weighted by Gasteiger charge is 2.20. The van der Waals surface area contributed by atoms with Gasteiger partial charge in [-0.2, -0.15) is 0 Å². The summed E-state index contributed by atoms with van der Waals surface area (Å²) in [6.07, 6.45) is 0. The molecule has 2 amide bonds. The van der Waals surface area contributed by atoms with Gasteiger partial charge in [-0.15, -0.1) is 0 Å². The highest BCUT2D eigenvalue weighted by Crippen LogP contribution is 2.16. The van der Waals surface area contributed by atoms with Crippen molar-refractivity contribution < 1.29 is 19.1 Å². The van der Waals surface area contributed by atoms with Crippen molar-refractivity contribution in [3.05, 3.63) is 66.2 Å². The van der Waals surface area contributed by atoms with E-state index in [1.165, 1.54) is 0 Å². The van der Waals surface area contributed by atoms with Crippen molar-refractivity contribution in [3.8, 4) is 0 Å². The molecule has 0 aliphatic heterocycles. The Morgan fingerprint density at radius 2 is 1.54 bits per heavy atom. The summed E-state index contributed by atoms with van der Waals surface area (Å²) in [4.78, 5) is 37.7. The maximum atomic E-state index is 12.4. The summed E-state index contributed by atoms with van der Waals surface area (Å²) < 4.78 is 5.00. The van der Waals surface area contributed by atoms with Crippen molar-refractivity contribution in [1.29, 1.82) is 0 Å². The van der Waals surface area contributed by atoms with E-state index in [1.54, 1.807) is 35.2 Å². The van der Waals surface area contributed by atoms with E-state index < -0.39 is 5.97 Å². The van der Waals surface area contributed by atoms with Crippen LogP contribution in [0, 0.1) is 0 Å². The predicted molar refractivity (Wildman–Crippen MR) is 98.8 cm³/mol. The van der Waals surface area contributed by atoms with Crippen molar-refractivity contribution in [2.45, 2.75) is 19.9 Å². The number of anilines is 1. The molecular weight excluding hydrogens is 332 g/mol. The molecule has 0 unspecified atom stereocenters. The molecule has 1 N–H and O–H groups in total. The molecule has 0 saturated heterocycles. The lowest BCUT2D eigenvalue weighted by molar-refractivity contribution is -0.146. The lowest BCUT2D eigenvalue weighted by Gasteiger charge is -2.26. The van der Waals surface area contributed by atoms with E-state index in [-0.39, 0.29) is 31.0 Å². The van der Waals surface area contributed by atoms with Gasteiger partial charge in [-0.25, -0.2) is 0 Å². The first kappa shape index (κ1) is 19.2. The number of hydrogen-bond donors (Lipinski definition) is 1. The van der Waals surface area contributed by atoms with E-state index in [4.69, 9.17) is 4.74 Å². The molecule has 2 aromatic carbocycles. The van der Waals surface area contributed by atoms with Crippen LogP contribution in [-0.4, -0.2) is 37.0 Å². The summed E-state index contributed by atoms with van der Waals surface area (Å²) in [5.41, 5.74) is 1.19. The quantitative estimate of drug-likeness (QED) is 0.775. The topological polar surface area (TPSA) is 75.7 Å². The first-order chi connectivity index (χ1) is 12.5. The maximum absolute atomic E-state index is 12.4. The molecular formula is C20H22N2O4. The first-order valence-corrected chi connectivity index (χ1v) is 8.35. The van der Waals surface area contributed by atoms with Gasteiger partial charge in [0, 0.05) is 17.3 Å². The molecule has 0 heterocycles. The molecule has 26 heavy (non-hydrogen) atoms. The van der Waals surface area contributed by atoms with E-state index in [9.17, 15) is 14.4 Å². The van der Waals surface area contributed by atoms with E-state index >= 15 is 0 Å². The minimum Gasteiger partial charge on any atom is -0.454 e. The Hall–Kier alpha value is -3.15. The number of para-hydroxylation sites is 1. The summed E-state index contributed by atoms with van der Waals surface area (Å²) in [7, 11) is 0. The SMILES string of the molecule is CC(C)N(C(=O)COC(=O)CNC(=O)c1ccccc1)c1ccccc1. The zero-order valence-corrected chi connectivity index (χ0v) is 14.8. The molecule has 2 aromatic rings. The van der Waals surface area contributed by atoms with Crippen LogP contribution in [-0.2, 0) is 14.3 Å². The van der Waals surface area contributed by atoms with E-state index in [0.29, 0.717) is 5.56 Å². The second kappa shape index (κ2) is 9.36. The van der Waals surface area contributed by atoms with E-state index in [1.807, 2.05) is 44.2 Å². The van der Waals surface area contributed by atoms with Crippen molar-refractivity contribution in [3.63, 3.8) is 0 Å². The first-order valence-electron chi connectivity index (χ1n) is 8.35. The molecule has 0 atom stereocenters. The Morgan fingerprint density at radius 3 is 2.12 bits per heavy atom. The largest absolute Gasteiger partial charge is 0.454 e. The number of amides is 2. The molecule has 0 radical (unpaired) electrons. The number of carbonyl (C=O) groups excluding carboxylic acids is 3. The Labute approximate surface area is 152 Å². The van der Waals surface area contributed by atoms with Gasteiger partial charge in [0.2, 0.25) is 0 Å². The van der Waals surface area contributed by atoms with Gasteiger partial charge >= 0.3 is 5.97 Å². The molecule has 2 rings (SSSR count). The van der Waals surface area contributed by atoms with Crippen molar-refractivity contribution in [1.82, 2.24) is 5.32 Å². The summed E-state index contributed by atoms with van der Waals surface area (Å²) in [5.74, 6) is -1.37. The second-order valence-electron chi connectivity index (χ2n) is 5.90. The fraction of sp³-hybridized carbons (Fsp3) is 0.250. The lowest BCUT2D eigenvalue weighted by Crippen LogP contribution is -2.40. The van der Waals surface area contributed by atoms with Crippen molar-refractivity contribution in [2.75, 3.05) is 18.1 Å². The molecule has 0 aliphatic rings. The van der Waals surface area contributed by atoms with Crippen LogP contribution in [0.25, 0.3) is 0 Å². The molecule has 0 aliphatic carbocycles. The summed E-state index contributed by atoms with van der Waals surface area (Å²) >= 11 is 0. The van der Waals surface area contributed by atoms with Crippen LogP contribution >= 0.6 is 0 Å². The molecule has 0 spiro atoms. The summed E-state index contributed by atoms with van der Waals surface area (Å²) in [6.45, 7) is 3.08. The highest BCUT2D eigenvalue weighted by molar-refractivity contribution is 5.97. The van der Waals surface area contributed by atoms with Crippen molar-refractivity contribution >= 4 is 23.5 Å². The van der Waals surface area contributed by atoms with Crippen LogP contribution in [0.1, 0.15) is 24.2 Å². The average molecular weight is 354 g/mol. The van der Waals surface area contributed by atoms with Gasteiger partial charge in [0.15, 0.2) is 6.61 Å². The van der Waals surface area contributed by atoms with Crippen LogP contribution < -0.4 is 10.2 Å². The fourth-order valence-corrected chi connectivity index (χ4v) is 2.43. The van der Waals surface area contributed by atoms with Gasteiger partial charge in [-0.1, -0.05) is 36.4 Å². The van der Waals surface area contributed by atoms with Crippen LogP contribution in [0.15, 0.2) is 60.7 Å². The zero-order valence-electron chi connectivity index (χ0n) is 14.8. The van der Waals surface area contributed by atoms with Crippen LogP contribution in [0.5, 0.6) is 0 Å². The Kier molecular flexibility index (Phi) is 6.91. The van der Waals surface area contributed by atoms with Crippen LogP contribution in [0.2, 0.25) is 0 Å². The molecule has 0 bridgehead atoms. The van der Waals surface area contributed by atoms with E-state index in [2.05, 4.69) is 5.32 Å². The number of esters is 1. The van der Waals surface area contributed by atoms with Crippen LogP contribution in [0.4, 0.5) is 5.69 Å². The standard InChI is InChI=1S/C20H22N2O4/c1-15(2)22(17-11-7-4-8-12-17)18(23)14-26-19(24)13-21-20(25)16-9-5-3-6-10-16/h3-12,15H,13-14H2,1-2H3,(H,21,25). The number of benzene rings is 2. The number of rotatable bonds is 7. The lowest BCUT2D eigenvalue weighted by atomic mass is 10.2. The predicted octanol–water partition coefficient (Wildman–Crippen LogP) is 2.40. The number of nitrogens with zero attached hydrogens (tertiary/aromatic N) is 1. The van der Waals surface area contributed by atoms with Gasteiger partial charge < -0.3 is 15.0 Å². The maximum Gasteiger partial charge on any atom is 0.325 e. The average Bonchev–Trinajstić information content (AvgIpc) is 2.66. The fourth-order valence-electron chi connectivity index (χ4n) is 2.43. The number of ether oxygens (including phenoxy) is 1. The summed E-state index contributed by atoms with van der Waals surface area (Å²) in [5, 5.41) is 2.47. The smallest absolute Gasteiger partial charge is 0.325 e.